The Kier molecular flexibility index (Phi) is 4.93. The van der Waals surface area contributed by atoms with Crippen LogP contribution in [0, 0.1) is 5.92 Å². The molecular weight excluding hydrogens is 332 g/mol. The lowest BCUT2D eigenvalue weighted by Gasteiger charge is -2.30. The van der Waals surface area contributed by atoms with Crippen LogP contribution in [-0.2, 0) is 24.1 Å². The first kappa shape index (κ1) is 17.2. The Balaban J connectivity index is 1.82. The van der Waals surface area contributed by atoms with Crippen molar-refractivity contribution in [2.75, 3.05) is 44.3 Å². The van der Waals surface area contributed by atoms with Gasteiger partial charge >= 0.3 is 0 Å². The van der Waals surface area contributed by atoms with Crippen molar-refractivity contribution in [3.8, 4) is 0 Å². The third-order valence-corrected chi connectivity index (χ3v) is 6.27. The summed E-state index contributed by atoms with van der Waals surface area (Å²) in [6.07, 6.45) is 2.06. The normalized spacial score (nSPS) is 19.0. The minimum Gasteiger partial charge on any atom is -0.378 e. The Morgan fingerprint density at radius 3 is 2.68 bits per heavy atom. The van der Waals surface area contributed by atoms with Crippen molar-refractivity contribution in [1.29, 1.82) is 0 Å². The fraction of sp³-hybridized carbons (Fsp3) is 0.684. The van der Waals surface area contributed by atoms with E-state index in [9.17, 15) is 0 Å². The fourth-order valence-electron chi connectivity index (χ4n) is 3.80. The largest absolute Gasteiger partial charge is 0.378 e. The van der Waals surface area contributed by atoms with E-state index in [0.717, 1.165) is 70.4 Å². The Bertz CT molecular complexity index is 751. The molecule has 0 amide bonds. The van der Waals surface area contributed by atoms with Gasteiger partial charge in [-0.3, -0.25) is 4.90 Å². The van der Waals surface area contributed by atoms with E-state index in [1.165, 1.54) is 20.7 Å². The van der Waals surface area contributed by atoms with Crippen molar-refractivity contribution in [1.82, 2.24) is 14.9 Å². The van der Waals surface area contributed by atoms with Gasteiger partial charge in [0.1, 0.15) is 16.5 Å². The van der Waals surface area contributed by atoms with Gasteiger partial charge in [-0.25, -0.2) is 9.97 Å². The Hall–Kier alpha value is -1.24. The molecule has 0 N–H and O–H groups in total. The number of fused-ring (bicyclic) bond motifs is 3. The molecule has 1 fully saturated rings. The van der Waals surface area contributed by atoms with Crippen molar-refractivity contribution in [2.45, 2.75) is 40.2 Å². The van der Waals surface area contributed by atoms with Gasteiger partial charge in [-0.05, 0) is 24.4 Å². The summed E-state index contributed by atoms with van der Waals surface area (Å²) < 4.78 is 5.56. The number of hydrogen-bond acceptors (Lipinski definition) is 6. The molecule has 0 aliphatic carbocycles. The van der Waals surface area contributed by atoms with Crippen molar-refractivity contribution in [3.63, 3.8) is 0 Å². The number of hydrogen-bond donors (Lipinski definition) is 0. The van der Waals surface area contributed by atoms with Crippen LogP contribution in [0.3, 0.4) is 0 Å². The van der Waals surface area contributed by atoms with E-state index >= 15 is 0 Å². The minimum atomic E-state index is 0.570. The van der Waals surface area contributed by atoms with E-state index in [4.69, 9.17) is 14.7 Å². The average Bonchev–Trinajstić information content (AvgIpc) is 2.98. The van der Waals surface area contributed by atoms with Crippen molar-refractivity contribution < 1.29 is 4.74 Å². The number of aromatic nitrogens is 2. The zero-order valence-electron chi connectivity index (χ0n) is 15.5. The molecule has 0 unspecified atom stereocenters. The van der Waals surface area contributed by atoms with Crippen molar-refractivity contribution in [3.05, 3.63) is 16.3 Å². The zero-order chi connectivity index (χ0) is 17.4. The van der Waals surface area contributed by atoms with Crippen LogP contribution in [0.5, 0.6) is 0 Å². The summed E-state index contributed by atoms with van der Waals surface area (Å²) in [5.41, 5.74) is 1.50. The second-order valence-electron chi connectivity index (χ2n) is 7.46. The number of anilines is 1. The van der Waals surface area contributed by atoms with Crippen molar-refractivity contribution >= 4 is 27.4 Å². The second-order valence-corrected chi connectivity index (χ2v) is 8.55. The van der Waals surface area contributed by atoms with Crippen LogP contribution < -0.4 is 4.90 Å². The Morgan fingerprint density at radius 1 is 1.16 bits per heavy atom. The molecule has 1 saturated heterocycles. The predicted octanol–water partition coefficient (Wildman–Crippen LogP) is 3.10. The highest BCUT2D eigenvalue weighted by molar-refractivity contribution is 7.19. The number of nitrogens with zero attached hydrogens (tertiary/aromatic N) is 4. The molecule has 6 heteroatoms. The van der Waals surface area contributed by atoms with Crippen LogP contribution in [0.2, 0.25) is 0 Å². The van der Waals surface area contributed by atoms with Crippen LogP contribution >= 0.6 is 11.3 Å². The SMILES string of the molecule is CCN1CCc2c(sc3nc(CC(C)C)nc(N4CCOCC4)c23)C1. The summed E-state index contributed by atoms with van der Waals surface area (Å²) in [6.45, 7) is 13.5. The third-order valence-electron chi connectivity index (χ3n) is 5.16. The quantitative estimate of drug-likeness (QED) is 0.838. The molecule has 25 heavy (non-hydrogen) atoms. The minimum absolute atomic E-state index is 0.570. The smallest absolute Gasteiger partial charge is 0.141 e. The van der Waals surface area contributed by atoms with E-state index in [1.807, 2.05) is 11.3 Å². The first-order valence-electron chi connectivity index (χ1n) is 9.52. The number of likely N-dealkylation sites (N-methyl/N-ethyl adjacent to an activating group) is 1. The lowest BCUT2D eigenvalue weighted by molar-refractivity contribution is 0.122. The number of rotatable bonds is 4. The predicted molar refractivity (Wildman–Crippen MR) is 104 cm³/mol. The lowest BCUT2D eigenvalue weighted by atomic mass is 10.0. The van der Waals surface area contributed by atoms with Crippen LogP contribution in [0.25, 0.3) is 10.2 Å². The van der Waals surface area contributed by atoms with Gasteiger partial charge in [0.2, 0.25) is 0 Å². The van der Waals surface area contributed by atoms with Crippen LogP contribution in [0.15, 0.2) is 0 Å². The maximum atomic E-state index is 5.56. The monoisotopic (exact) mass is 360 g/mol. The van der Waals surface area contributed by atoms with E-state index < -0.39 is 0 Å². The summed E-state index contributed by atoms with van der Waals surface area (Å²) >= 11 is 1.89. The molecule has 2 aromatic rings. The van der Waals surface area contributed by atoms with Gasteiger partial charge in [-0.1, -0.05) is 20.8 Å². The number of thiophene rings is 1. The topological polar surface area (TPSA) is 41.5 Å². The first-order chi connectivity index (χ1) is 12.2. The highest BCUT2D eigenvalue weighted by Crippen LogP contribution is 2.39. The molecule has 136 valence electrons. The van der Waals surface area contributed by atoms with Gasteiger partial charge in [0.25, 0.3) is 0 Å². The molecule has 0 radical (unpaired) electrons. The second kappa shape index (κ2) is 7.17. The molecule has 2 aliphatic heterocycles. The summed E-state index contributed by atoms with van der Waals surface area (Å²) in [7, 11) is 0. The van der Waals surface area contributed by atoms with E-state index in [2.05, 4.69) is 30.6 Å². The molecule has 0 saturated carbocycles. The maximum absolute atomic E-state index is 5.56. The molecule has 5 nitrogen and oxygen atoms in total. The van der Waals surface area contributed by atoms with Crippen LogP contribution in [0.4, 0.5) is 5.82 Å². The highest BCUT2D eigenvalue weighted by Gasteiger charge is 2.26. The van der Waals surface area contributed by atoms with Crippen LogP contribution in [0.1, 0.15) is 37.0 Å². The molecule has 4 heterocycles. The zero-order valence-corrected chi connectivity index (χ0v) is 16.4. The molecule has 0 atom stereocenters. The van der Waals surface area contributed by atoms with Gasteiger partial charge in [0, 0.05) is 37.5 Å². The Labute approximate surface area is 154 Å². The molecule has 2 aliphatic rings. The molecule has 0 bridgehead atoms. The van der Waals surface area contributed by atoms with Gasteiger partial charge in [0.15, 0.2) is 0 Å². The van der Waals surface area contributed by atoms with Gasteiger partial charge in [-0.15, -0.1) is 11.3 Å². The summed E-state index contributed by atoms with van der Waals surface area (Å²) in [4.78, 5) is 17.6. The molecule has 2 aromatic heterocycles. The third kappa shape index (κ3) is 3.39. The average molecular weight is 361 g/mol. The van der Waals surface area contributed by atoms with Gasteiger partial charge < -0.3 is 9.64 Å². The lowest BCUT2D eigenvalue weighted by Crippen LogP contribution is -2.37. The fourth-order valence-corrected chi connectivity index (χ4v) is 5.08. The first-order valence-corrected chi connectivity index (χ1v) is 10.3. The highest BCUT2D eigenvalue weighted by atomic mass is 32.1. The van der Waals surface area contributed by atoms with Gasteiger partial charge in [0.05, 0.1) is 18.6 Å². The van der Waals surface area contributed by atoms with Gasteiger partial charge in [-0.2, -0.15) is 0 Å². The van der Waals surface area contributed by atoms with Crippen molar-refractivity contribution in [2.24, 2.45) is 5.92 Å². The van der Waals surface area contributed by atoms with E-state index in [0.29, 0.717) is 5.92 Å². The number of morpholine rings is 1. The molecule has 0 spiro atoms. The Morgan fingerprint density at radius 2 is 1.96 bits per heavy atom. The van der Waals surface area contributed by atoms with E-state index in [1.54, 1.807) is 0 Å². The summed E-state index contributed by atoms with van der Waals surface area (Å²) in [5.74, 6) is 2.72. The van der Waals surface area contributed by atoms with E-state index in [-0.39, 0.29) is 0 Å². The molecule has 0 aromatic carbocycles. The molecule has 4 rings (SSSR count). The standard InChI is InChI=1S/C19H28N4OS/c1-4-22-6-5-14-15(12-22)25-19-17(14)18(23-7-9-24-10-8-23)20-16(21-19)11-13(2)3/h13H,4-12H2,1-3H3. The molecular formula is C19H28N4OS. The maximum Gasteiger partial charge on any atom is 0.141 e. The van der Waals surface area contributed by atoms with Crippen LogP contribution in [-0.4, -0.2) is 54.3 Å². The number of ether oxygens (including phenoxy) is 1. The summed E-state index contributed by atoms with van der Waals surface area (Å²) in [6, 6.07) is 0. The summed E-state index contributed by atoms with van der Waals surface area (Å²) in [5, 5.41) is 1.32.